The highest BCUT2D eigenvalue weighted by Crippen LogP contribution is 2.34. The van der Waals surface area contributed by atoms with Gasteiger partial charge in [-0.2, -0.15) is 0 Å². The number of benzene rings is 1. The van der Waals surface area contributed by atoms with Crippen molar-refractivity contribution in [3.05, 3.63) is 25.6 Å². The zero-order valence-electron chi connectivity index (χ0n) is 10.4. The van der Waals surface area contributed by atoms with Gasteiger partial charge in [-0.15, -0.1) is 0 Å². The van der Waals surface area contributed by atoms with E-state index in [0.29, 0.717) is 0 Å². The lowest BCUT2D eigenvalue weighted by Gasteiger charge is -2.25. The Morgan fingerprint density at radius 1 is 1.22 bits per heavy atom. The molecule has 0 unspecified atom stereocenters. The molecule has 0 aliphatic carbocycles. The first-order chi connectivity index (χ1) is 8.27. The summed E-state index contributed by atoms with van der Waals surface area (Å²) in [4.78, 5) is 12.2. The molecule has 0 aliphatic heterocycles. The fourth-order valence-electron chi connectivity index (χ4n) is 1.45. The molecule has 3 nitrogen and oxygen atoms in total. The van der Waals surface area contributed by atoms with Gasteiger partial charge in [0.2, 0.25) is 5.91 Å². The van der Waals surface area contributed by atoms with Gasteiger partial charge in [0.15, 0.2) is 0 Å². The van der Waals surface area contributed by atoms with E-state index in [-0.39, 0.29) is 5.91 Å². The quantitative estimate of drug-likeness (QED) is 0.729. The van der Waals surface area contributed by atoms with Gasteiger partial charge in [-0.25, -0.2) is 0 Å². The topological polar surface area (TPSA) is 41.1 Å². The molecule has 0 radical (unpaired) electrons. The molecule has 0 aliphatic rings. The van der Waals surface area contributed by atoms with Crippen LogP contribution in [-0.4, -0.2) is 18.0 Å². The maximum absolute atomic E-state index is 12.2. The fraction of sp³-hybridized carbons (Fsp3) is 0.417. The van der Waals surface area contributed by atoms with Crippen LogP contribution in [0, 0.1) is 0 Å². The Balaban J connectivity index is 2.95. The molecule has 18 heavy (non-hydrogen) atoms. The lowest BCUT2D eigenvalue weighted by atomic mass is 10.0. The second kappa shape index (κ2) is 6.50. The van der Waals surface area contributed by atoms with Crippen LogP contribution in [0.1, 0.15) is 20.8 Å². The van der Waals surface area contributed by atoms with Crippen molar-refractivity contribution in [3.8, 4) is 0 Å². The smallest absolute Gasteiger partial charge is 0.244 e. The predicted molar refractivity (Wildman–Crippen MR) is 85.9 cm³/mol. The minimum Gasteiger partial charge on any atom is -0.323 e. The lowest BCUT2D eigenvalue weighted by molar-refractivity contribution is -0.121. The third-order valence-corrected chi connectivity index (χ3v) is 4.14. The average Bonchev–Trinajstić information content (AvgIpc) is 2.22. The predicted octanol–water partition coefficient (Wildman–Crippen LogP) is 4.30. The van der Waals surface area contributed by atoms with E-state index in [1.165, 1.54) is 0 Å². The molecular weight excluding hydrogens is 428 g/mol. The molecule has 0 fully saturated rings. The number of amides is 1. The molecule has 100 valence electrons. The standard InChI is InChI=1S/C12H15Br3N2O/c1-4-16-12(2,3)11(18)17-10-8(14)5-7(13)6-9(10)15/h5-6,16H,4H2,1-3H3,(H,17,18). The molecule has 1 aromatic rings. The third-order valence-electron chi connectivity index (χ3n) is 2.43. The molecule has 0 spiro atoms. The Labute approximate surface area is 132 Å². The normalized spacial score (nSPS) is 11.4. The number of likely N-dealkylation sites (N-methyl/N-ethyl adjacent to an activating group) is 1. The summed E-state index contributed by atoms with van der Waals surface area (Å²) in [6.07, 6.45) is 0. The van der Waals surface area contributed by atoms with Crippen LogP contribution in [0.3, 0.4) is 0 Å². The van der Waals surface area contributed by atoms with Gasteiger partial charge in [0.25, 0.3) is 0 Å². The van der Waals surface area contributed by atoms with E-state index in [2.05, 4.69) is 58.4 Å². The third kappa shape index (κ3) is 4.05. The van der Waals surface area contributed by atoms with Crippen LogP contribution in [0.2, 0.25) is 0 Å². The van der Waals surface area contributed by atoms with Crippen LogP contribution in [0.5, 0.6) is 0 Å². The molecule has 1 rings (SSSR count). The maximum atomic E-state index is 12.2. The summed E-state index contributed by atoms with van der Waals surface area (Å²) >= 11 is 10.3. The number of nitrogens with one attached hydrogen (secondary N) is 2. The van der Waals surface area contributed by atoms with Crippen LogP contribution in [-0.2, 0) is 4.79 Å². The Bertz CT molecular complexity index is 438. The van der Waals surface area contributed by atoms with Crippen molar-refractivity contribution < 1.29 is 4.79 Å². The summed E-state index contributed by atoms with van der Waals surface area (Å²) in [6, 6.07) is 3.78. The van der Waals surface area contributed by atoms with Gasteiger partial charge < -0.3 is 10.6 Å². The minimum absolute atomic E-state index is 0.0759. The largest absolute Gasteiger partial charge is 0.323 e. The Kier molecular flexibility index (Phi) is 5.83. The van der Waals surface area contributed by atoms with Gasteiger partial charge in [0.1, 0.15) is 0 Å². The molecule has 1 amide bonds. The van der Waals surface area contributed by atoms with Gasteiger partial charge >= 0.3 is 0 Å². The number of hydrogen-bond donors (Lipinski definition) is 2. The van der Waals surface area contributed by atoms with Crippen molar-refractivity contribution >= 4 is 59.4 Å². The maximum Gasteiger partial charge on any atom is 0.244 e. The molecule has 0 aromatic heterocycles. The molecule has 0 saturated carbocycles. The lowest BCUT2D eigenvalue weighted by Crippen LogP contribution is -2.49. The first kappa shape index (κ1) is 16.1. The van der Waals surface area contributed by atoms with Gasteiger partial charge in [-0.1, -0.05) is 22.9 Å². The molecule has 0 heterocycles. The van der Waals surface area contributed by atoms with Crippen molar-refractivity contribution in [3.63, 3.8) is 0 Å². The molecule has 2 N–H and O–H groups in total. The zero-order valence-corrected chi connectivity index (χ0v) is 15.2. The number of rotatable bonds is 4. The highest BCUT2D eigenvalue weighted by Gasteiger charge is 2.27. The second-order valence-corrected chi connectivity index (χ2v) is 6.98. The second-order valence-electron chi connectivity index (χ2n) is 4.35. The highest BCUT2D eigenvalue weighted by atomic mass is 79.9. The summed E-state index contributed by atoms with van der Waals surface area (Å²) in [5.74, 6) is -0.0759. The van der Waals surface area contributed by atoms with E-state index in [9.17, 15) is 4.79 Å². The van der Waals surface area contributed by atoms with E-state index in [0.717, 1.165) is 25.7 Å². The number of halogens is 3. The average molecular weight is 443 g/mol. The Morgan fingerprint density at radius 3 is 2.17 bits per heavy atom. The minimum atomic E-state index is -0.610. The van der Waals surface area contributed by atoms with Gasteiger partial charge in [-0.05, 0) is 64.4 Å². The zero-order chi connectivity index (χ0) is 13.9. The molecular formula is C12H15Br3N2O. The summed E-state index contributed by atoms with van der Waals surface area (Å²) < 4.78 is 2.58. The van der Waals surface area contributed by atoms with Crippen molar-refractivity contribution in [2.75, 3.05) is 11.9 Å². The van der Waals surface area contributed by atoms with Crippen molar-refractivity contribution in [2.24, 2.45) is 0 Å². The van der Waals surface area contributed by atoms with Crippen LogP contribution in [0.25, 0.3) is 0 Å². The molecule has 6 heteroatoms. The molecule has 0 bridgehead atoms. The van der Waals surface area contributed by atoms with Crippen molar-refractivity contribution in [2.45, 2.75) is 26.3 Å². The van der Waals surface area contributed by atoms with Gasteiger partial charge in [-0.3, -0.25) is 4.79 Å². The fourth-order valence-corrected chi connectivity index (χ4v) is 3.91. The summed E-state index contributed by atoms with van der Waals surface area (Å²) in [5.41, 5.74) is 0.120. The van der Waals surface area contributed by atoms with Gasteiger partial charge in [0.05, 0.1) is 11.2 Å². The first-order valence-electron chi connectivity index (χ1n) is 5.49. The number of hydrogen-bond acceptors (Lipinski definition) is 2. The summed E-state index contributed by atoms with van der Waals surface area (Å²) in [5, 5.41) is 6.06. The van der Waals surface area contributed by atoms with Crippen LogP contribution in [0.4, 0.5) is 5.69 Å². The first-order valence-corrected chi connectivity index (χ1v) is 7.87. The monoisotopic (exact) mass is 440 g/mol. The van der Waals surface area contributed by atoms with Crippen LogP contribution >= 0.6 is 47.8 Å². The van der Waals surface area contributed by atoms with E-state index >= 15 is 0 Å². The SMILES string of the molecule is CCNC(C)(C)C(=O)Nc1c(Br)cc(Br)cc1Br. The highest BCUT2D eigenvalue weighted by molar-refractivity contribution is 9.11. The molecule has 1 aromatic carbocycles. The molecule has 0 saturated heterocycles. The number of carbonyl (C=O) groups is 1. The van der Waals surface area contributed by atoms with E-state index < -0.39 is 5.54 Å². The summed E-state index contributed by atoms with van der Waals surface area (Å²) in [7, 11) is 0. The van der Waals surface area contributed by atoms with Crippen LogP contribution < -0.4 is 10.6 Å². The van der Waals surface area contributed by atoms with E-state index in [1.807, 2.05) is 32.9 Å². The Morgan fingerprint density at radius 2 is 1.72 bits per heavy atom. The van der Waals surface area contributed by atoms with Gasteiger partial charge in [0, 0.05) is 13.4 Å². The van der Waals surface area contributed by atoms with Crippen molar-refractivity contribution in [1.82, 2.24) is 5.32 Å². The van der Waals surface area contributed by atoms with E-state index in [4.69, 9.17) is 0 Å². The van der Waals surface area contributed by atoms with Crippen molar-refractivity contribution in [1.29, 1.82) is 0 Å². The Hall–Kier alpha value is 0.0900. The molecule has 0 atom stereocenters. The number of anilines is 1. The van der Waals surface area contributed by atoms with Crippen LogP contribution in [0.15, 0.2) is 25.6 Å². The number of carbonyl (C=O) groups excluding carboxylic acids is 1. The summed E-state index contributed by atoms with van der Waals surface area (Å²) in [6.45, 7) is 6.42. The van der Waals surface area contributed by atoms with E-state index in [1.54, 1.807) is 0 Å².